The molecule has 0 bridgehead atoms. The minimum Gasteiger partial charge on any atom is -0.479 e. The zero-order valence-electron chi connectivity index (χ0n) is 17.8. The van der Waals surface area contributed by atoms with E-state index in [9.17, 15) is 14.7 Å². The molecule has 3 aromatic rings. The Bertz CT molecular complexity index is 1170. The summed E-state index contributed by atoms with van der Waals surface area (Å²) in [6, 6.07) is 12.4. The van der Waals surface area contributed by atoms with E-state index in [1.165, 1.54) is 17.3 Å². The first kappa shape index (κ1) is 25.2. The van der Waals surface area contributed by atoms with Crippen LogP contribution < -0.4 is 10.3 Å². The van der Waals surface area contributed by atoms with Crippen LogP contribution in [0.5, 0.6) is 0 Å². The Hall–Kier alpha value is -3.44. The zero-order chi connectivity index (χ0) is 24.7. The van der Waals surface area contributed by atoms with Crippen LogP contribution >= 0.6 is 23.2 Å². The third kappa shape index (κ3) is 6.78. The molecule has 0 aliphatic rings. The van der Waals surface area contributed by atoms with Gasteiger partial charge in [-0.3, -0.25) is 10.2 Å². The highest BCUT2D eigenvalue weighted by Crippen LogP contribution is 2.30. The number of amides is 1. The lowest BCUT2D eigenvalue weighted by atomic mass is 10.0. The van der Waals surface area contributed by atoms with Crippen LogP contribution in [0.1, 0.15) is 16.1 Å². The summed E-state index contributed by atoms with van der Waals surface area (Å²) in [7, 11) is 0. The van der Waals surface area contributed by atoms with Gasteiger partial charge in [-0.25, -0.2) is 9.80 Å². The van der Waals surface area contributed by atoms with E-state index in [1.807, 2.05) is 12.1 Å². The van der Waals surface area contributed by atoms with Crippen LogP contribution in [0, 0.1) is 0 Å². The van der Waals surface area contributed by atoms with Gasteiger partial charge in [0.25, 0.3) is 5.91 Å². The predicted octanol–water partition coefficient (Wildman–Crippen LogP) is 2.46. The van der Waals surface area contributed by atoms with Crippen LogP contribution in [0.25, 0.3) is 11.1 Å². The van der Waals surface area contributed by atoms with Crippen molar-refractivity contribution in [3.8, 4) is 11.1 Å². The van der Waals surface area contributed by atoms with Gasteiger partial charge < -0.3 is 15.1 Å². The van der Waals surface area contributed by atoms with E-state index in [0.29, 0.717) is 10.0 Å². The lowest BCUT2D eigenvalue weighted by Crippen LogP contribution is -2.47. The molecule has 3 N–H and O–H groups in total. The Kier molecular flexibility index (Phi) is 8.61. The van der Waals surface area contributed by atoms with Crippen LogP contribution in [-0.4, -0.2) is 61.5 Å². The highest BCUT2D eigenvalue weighted by molar-refractivity contribution is 6.35. The Morgan fingerprint density at radius 1 is 1.24 bits per heavy atom. The normalized spacial score (nSPS) is 11.8. The fraction of sp³-hybridized carbons (Fsp3) is 0.182. The molecule has 3 rings (SSSR count). The third-order valence-electron chi connectivity index (χ3n) is 4.54. The SMILES string of the molecule is C=CCOn1cc(C(=O)NN(Cc2ccc(-c3cc(Cl)ccc3Cl)cc2)C[C@@H](O)C(=O)O)nn1. The van der Waals surface area contributed by atoms with Gasteiger partial charge in [-0.05, 0) is 34.5 Å². The number of carbonyl (C=O) groups excluding carboxylic acids is 1. The maximum absolute atomic E-state index is 12.6. The highest BCUT2D eigenvalue weighted by Gasteiger charge is 2.22. The second kappa shape index (κ2) is 11.6. The first-order chi connectivity index (χ1) is 16.3. The van der Waals surface area contributed by atoms with Crippen LogP contribution in [0.15, 0.2) is 61.3 Å². The molecular weight excluding hydrogens is 485 g/mol. The first-order valence-corrected chi connectivity index (χ1v) is 10.7. The topological polar surface area (TPSA) is 130 Å². The third-order valence-corrected chi connectivity index (χ3v) is 5.10. The van der Waals surface area contributed by atoms with E-state index >= 15 is 0 Å². The number of aliphatic carboxylic acids is 1. The summed E-state index contributed by atoms with van der Waals surface area (Å²) < 4.78 is 0. The monoisotopic (exact) mass is 505 g/mol. The van der Waals surface area contributed by atoms with Crippen LogP contribution in [0.2, 0.25) is 10.0 Å². The maximum Gasteiger partial charge on any atom is 0.333 e. The predicted molar refractivity (Wildman–Crippen MR) is 125 cm³/mol. The molecule has 0 radical (unpaired) electrons. The van der Waals surface area contributed by atoms with Crippen molar-refractivity contribution in [2.75, 3.05) is 13.2 Å². The average molecular weight is 506 g/mol. The van der Waals surface area contributed by atoms with Crippen LogP contribution in [0.3, 0.4) is 0 Å². The van der Waals surface area contributed by atoms with Gasteiger partial charge in [-0.15, -0.1) is 5.10 Å². The molecule has 12 heteroatoms. The number of nitrogens with zero attached hydrogens (tertiary/aromatic N) is 4. The molecule has 1 heterocycles. The minimum atomic E-state index is -1.73. The van der Waals surface area contributed by atoms with Crippen molar-refractivity contribution in [3.05, 3.63) is 82.6 Å². The number of hydrazine groups is 1. The molecule has 0 spiro atoms. The van der Waals surface area contributed by atoms with Gasteiger partial charge in [0.2, 0.25) is 0 Å². The van der Waals surface area contributed by atoms with Crippen molar-refractivity contribution < 1.29 is 24.6 Å². The number of aromatic nitrogens is 3. The summed E-state index contributed by atoms with van der Waals surface area (Å²) in [5.41, 5.74) is 4.80. The summed E-state index contributed by atoms with van der Waals surface area (Å²) in [6.07, 6.45) is 1.03. The van der Waals surface area contributed by atoms with Gasteiger partial charge in [0.05, 0.1) is 6.54 Å². The average Bonchev–Trinajstić information content (AvgIpc) is 3.29. The molecule has 0 fully saturated rings. The van der Waals surface area contributed by atoms with Gasteiger partial charge in [-0.1, -0.05) is 65.0 Å². The van der Waals surface area contributed by atoms with Crippen molar-refractivity contribution in [2.24, 2.45) is 0 Å². The lowest BCUT2D eigenvalue weighted by molar-refractivity contribution is -0.148. The number of halogens is 2. The molecule has 34 heavy (non-hydrogen) atoms. The van der Waals surface area contributed by atoms with Crippen molar-refractivity contribution in [2.45, 2.75) is 12.6 Å². The molecule has 0 aliphatic carbocycles. The van der Waals surface area contributed by atoms with E-state index in [2.05, 4.69) is 22.3 Å². The van der Waals surface area contributed by atoms with Crippen molar-refractivity contribution in [1.82, 2.24) is 25.6 Å². The number of carbonyl (C=O) groups is 2. The summed E-state index contributed by atoms with van der Waals surface area (Å²) in [5.74, 6) is -2.08. The molecule has 2 aromatic carbocycles. The summed E-state index contributed by atoms with van der Waals surface area (Å²) >= 11 is 12.3. The standard InChI is InChI=1S/C22H21Cl2N5O5/c1-2-9-34-29-12-19(25-27-29)21(31)26-28(13-20(30)22(32)33)11-14-3-5-15(6-4-14)17-10-16(23)7-8-18(17)24/h2-8,10,12,20,30H,1,9,11,13H2,(H,26,31)(H,32,33)/t20-/m1/s1. The lowest BCUT2D eigenvalue weighted by Gasteiger charge is -2.24. The van der Waals surface area contributed by atoms with E-state index in [-0.39, 0.29) is 25.4 Å². The minimum absolute atomic E-state index is 0.0650. The van der Waals surface area contributed by atoms with E-state index in [1.54, 1.807) is 30.3 Å². The molecular formula is C22H21Cl2N5O5. The number of aliphatic hydroxyl groups excluding tert-OH is 1. The number of aliphatic hydroxyl groups is 1. The number of rotatable bonds is 11. The Morgan fingerprint density at radius 2 is 1.97 bits per heavy atom. The van der Waals surface area contributed by atoms with E-state index < -0.39 is 18.0 Å². The smallest absolute Gasteiger partial charge is 0.333 e. The zero-order valence-corrected chi connectivity index (χ0v) is 19.3. The van der Waals surface area contributed by atoms with Crippen LogP contribution in [-0.2, 0) is 11.3 Å². The van der Waals surface area contributed by atoms with Crippen molar-refractivity contribution in [1.29, 1.82) is 0 Å². The van der Waals surface area contributed by atoms with Crippen molar-refractivity contribution >= 4 is 35.1 Å². The second-order valence-electron chi connectivity index (χ2n) is 7.09. The summed E-state index contributed by atoms with van der Waals surface area (Å²) in [6.45, 7) is 3.40. The molecule has 1 amide bonds. The molecule has 1 aromatic heterocycles. The fourth-order valence-corrected chi connectivity index (χ4v) is 3.31. The van der Waals surface area contributed by atoms with Gasteiger partial charge in [-0.2, -0.15) is 0 Å². The summed E-state index contributed by atoms with van der Waals surface area (Å²) in [5, 5.41) is 28.6. The number of carboxylic acids is 1. The number of hydrogen-bond donors (Lipinski definition) is 3. The van der Waals surface area contributed by atoms with Gasteiger partial charge in [0, 0.05) is 22.2 Å². The van der Waals surface area contributed by atoms with Gasteiger partial charge in [0.1, 0.15) is 12.8 Å². The maximum atomic E-state index is 12.6. The molecule has 1 atom stereocenters. The molecule has 178 valence electrons. The molecule has 0 saturated heterocycles. The molecule has 0 unspecified atom stereocenters. The largest absolute Gasteiger partial charge is 0.479 e. The molecule has 0 saturated carbocycles. The number of nitrogens with one attached hydrogen (secondary N) is 1. The fourth-order valence-electron chi connectivity index (χ4n) is 2.91. The summed E-state index contributed by atoms with van der Waals surface area (Å²) in [4.78, 5) is 29.9. The number of hydrogen-bond acceptors (Lipinski definition) is 7. The number of carboxylic acid groups (broad SMARTS) is 1. The Labute approximate surface area is 204 Å². The Morgan fingerprint density at radius 3 is 2.65 bits per heavy atom. The van der Waals surface area contributed by atoms with Crippen molar-refractivity contribution in [3.63, 3.8) is 0 Å². The van der Waals surface area contributed by atoms with E-state index in [0.717, 1.165) is 21.5 Å². The number of benzene rings is 2. The molecule has 0 aliphatic heterocycles. The first-order valence-electron chi connectivity index (χ1n) is 9.94. The molecule has 10 nitrogen and oxygen atoms in total. The van der Waals surface area contributed by atoms with Gasteiger partial charge >= 0.3 is 5.97 Å². The Balaban J connectivity index is 1.74. The van der Waals surface area contributed by atoms with E-state index in [4.69, 9.17) is 33.1 Å². The quantitative estimate of drug-likeness (QED) is 0.267. The second-order valence-corrected chi connectivity index (χ2v) is 7.93. The highest BCUT2D eigenvalue weighted by atomic mass is 35.5. The van der Waals surface area contributed by atoms with Gasteiger partial charge in [0.15, 0.2) is 11.8 Å². The van der Waals surface area contributed by atoms with Crippen LogP contribution in [0.4, 0.5) is 0 Å².